The van der Waals surface area contributed by atoms with Gasteiger partial charge in [-0.15, -0.1) is 0 Å². The van der Waals surface area contributed by atoms with Crippen molar-refractivity contribution in [2.24, 2.45) is 0 Å². The van der Waals surface area contributed by atoms with Gasteiger partial charge in [-0.25, -0.2) is 4.98 Å². The zero-order valence-electron chi connectivity index (χ0n) is 12.2. The molecule has 0 aliphatic heterocycles. The Hall–Kier alpha value is -0.550. The number of benzene rings is 1. The van der Waals surface area contributed by atoms with Crippen LogP contribution in [0.5, 0.6) is 0 Å². The van der Waals surface area contributed by atoms with E-state index < -0.39 is 6.10 Å². The summed E-state index contributed by atoms with van der Waals surface area (Å²) in [5, 5.41) is 12.3. The average molecular weight is 392 g/mol. The van der Waals surface area contributed by atoms with E-state index in [0.717, 1.165) is 16.7 Å². The number of fused-ring (bicyclic) bond motifs is 1. The Bertz CT molecular complexity index is 733. The first-order valence-electron chi connectivity index (χ1n) is 7.03. The molecule has 0 spiro atoms. The molecule has 1 aliphatic rings. The van der Waals surface area contributed by atoms with E-state index >= 15 is 0 Å². The predicted octanol–water partition coefficient (Wildman–Crippen LogP) is 4.79. The number of aliphatic hydroxyl groups is 1. The molecule has 0 radical (unpaired) electrons. The monoisotopic (exact) mass is 390 g/mol. The molecule has 0 saturated heterocycles. The molecule has 1 aromatic carbocycles. The highest BCUT2D eigenvalue weighted by molar-refractivity contribution is 6.35. The standard InChI is InChI=1S/C16H14Cl4N2O/c1-22(7-8-2-14(19)21-15(20)3-8)16-11-4-9(17)5-12(18)10(11)6-13(16)23/h2-5,13,16,23H,6-7H2,1H3/t13-,16+/m1/s1. The Balaban J connectivity index is 1.90. The van der Waals surface area contributed by atoms with Crippen molar-refractivity contribution in [3.63, 3.8) is 0 Å². The molecule has 0 unspecified atom stereocenters. The molecule has 23 heavy (non-hydrogen) atoms. The zero-order valence-corrected chi connectivity index (χ0v) is 15.3. The number of rotatable bonds is 3. The van der Waals surface area contributed by atoms with Gasteiger partial charge >= 0.3 is 0 Å². The maximum Gasteiger partial charge on any atom is 0.131 e. The van der Waals surface area contributed by atoms with Crippen LogP contribution in [0.25, 0.3) is 0 Å². The van der Waals surface area contributed by atoms with Crippen LogP contribution in [-0.2, 0) is 13.0 Å². The van der Waals surface area contributed by atoms with E-state index in [2.05, 4.69) is 4.98 Å². The predicted molar refractivity (Wildman–Crippen MR) is 94.6 cm³/mol. The van der Waals surface area contributed by atoms with E-state index in [4.69, 9.17) is 46.4 Å². The van der Waals surface area contributed by atoms with Gasteiger partial charge in [-0.1, -0.05) is 46.4 Å². The fraction of sp³-hybridized carbons (Fsp3) is 0.312. The zero-order chi connectivity index (χ0) is 16.7. The Morgan fingerprint density at radius 2 is 1.78 bits per heavy atom. The van der Waals surface area contributed by atoms with E-state index in [1.807, 2.05) is 18.0 Å². The Morgan fingerprint density at radius 3 is 2.43 bits per heavy atom. The summed E-state index contributed by atoms with van der Waals surface area (Å²) in [4.78, 5) is 5.97. The van der Waals surface area contributed by atoms with Gasteiger partial charge < -0.3 is 5.11 Å². The van der Waals surface area contributed by atoms with Crippen molar-refractivity contribution in [2.45, 2.75) is 25.1 Å². The molecule has 1 aliphatic carbocycles. The van der Waals surface area contributed by atoms with Gasteiger partial charge in [-0.3, -0.25) is 4.90 Å². The SMILES string of the molecule is CN(Cc1cc(Cl)nc(Cl)c1)[C@H]1c2cc(Cl)cc(Cl)c2C[C@H]1O. The number of aromatic nitrogens is 1. The molecule has 0 saturated carbocycles. The molecule has 7 heteroatoms. The average Bonchev–Trinajstić information content (AvgIpc) is 2.74. The lowest BCUT2D eigenvalue weighted by atomic mass is 10.1. The number of likely N-dealkylation sites (N-methyl/N-ethyl adjacent to an activating group) is 1. The summed E-state index contributed by atoms with van der Waals surface area (Å²) in [6.45, 7) is 0.563. The maximum absolute atomic E-state index is 10.5. The highest BCUT2D eigenvalue weighted by Crippen LogP contribution is 2.41. The quantitative estimate of drug-likeness (QED) is 0.764. The van der Waals surface area contributed by atoms with E-state index in [0.29, 0.717) is 33.3 Å². The fourth-order valence-corrected chi connectivity index (χ4v) is 4.25. The van der Waals surface area contributed by atoms with Crippen LogP contribution in [-0.4, -0.2) is 28.1 Å². The summed E-state index contributed by atoms with van der Waals surface area (Å²) < 4.78 is 0. The van der Waals surface area contributed by atoms with Crippen LogP contribution in [0.1, 0.15) is 22.7 Å². The summed E-state index contributed by atoms with van der Waals surface area (Å²) >= 11 is 24.3. The normalized spacial score (nSPS) is 20.1. The third-order valence-electron chi connectivity index (χ3n) is 4.02. The number of aliphatic hydroxyl groups excluding tert-OH is 1. The molecule has 1 heterocycles. The second-order valence-electron chi connectivity index (χ2n) is 5.71. The molecule has 122 valence electrons. The summed E-state index contributed by atoms with van der Waals surface area (Å²) in [5.41, 5.74) is 2.83. The first kappa shape index (κ1) is 17.3. The van der Waals surface area contributed by atoms with Crippen molar-refractivity contribution in [3.05, 3.63) is 61.3 Å². The fourth-order valence-electron chi connectivity index (χ4n) is 3.15. The van der Waals surface area contributed by atoms with Crippen LogP contribution < -0.4 is 0 Å². The van der Waals surface area contributed by atoms with Gasteiger partial charge in [0.25, 0.3) is 0 Å². The van der Waals surface area contributed by atoms with Gasteiger partial charge in [-0.2, -0.15) is 0 Å². The number of halogens is 4. The smallest absolute Gasteiger partial charge is 0.131 e. The Kier molecular flexibility index (Phi) is 5.07. The number of hydrogen-bond donors (Lipinski definition) is 1. The molecule has 0 fully saturated rings. The highest BCUT2D eigenvalue weighted by atomic mass is 35.5. The number of pyridine rings is 1. The molecule has 1 N–H and O–H groups in total. The number of nitrogens with zero attached hydrogens (tertiary/aromatic N) is 2. The van der Waals surface area contributed by atoms with Gasteiger partial charge in [0.15, 0.2) is 0 Å². The van der Waals surface area contributed by atoms with Crippen LogP contribution in [0.2, 0.25) is 20.4 Å². The van der Waals surface area contributed by atoms with Crippen molar-refractivity contribution < 1.29 is 5.11 Å². The highest BCUT2D eigenvalue weighted by Gasteiger charge is 2.35. The van der Waals surface area contributed by atoms with Gasteiger partial charge in [0.05, 0.1) is 12.1 Å². The molecule has 1 aromatic heterocycles. The molecular weight excluding hydrogens is 378 g/mol. The lowest BCUT2D eigenvalue weighted by molar-refractivity contribution is 0.0725. The Morgan fingerprint density at radius 1 is 1.13 bits per heavy atom. The minimum Gasteiger partial charge on any atom is -0.391 e. The van der Waals surface area contributed by atoms with Gasteiger partial charge in [0.1, 0.15) is 10.3 Å². The topological polar surface area (TPSA) is 36.4 Å². The number of hydrogen-bond acceptors (Lipinski definition) is 3. The first-order valence-corrected chi connectivity index (χ1v) is 8.54. The Labute approximate surface area is 154 Å². The maximum atomic E-state index is 10.5. The van der Waals surface area contributed by atoms with Crippen LogP contribution in [0.4, 0.5) is 0 Å². The van der Waals surface area contributed by atoms with Crippen LogP contribution in [0.3, 0.4) is 0 Å². The molecule has 0 bridgehead atoms. The molecule has 3 rings (SSSR count). The summed E-state index contributed by atoms with van der Waals surface area (Å²) in [7, 11) is 1.93. The van der Waals surface area contributed by atoms with Crippen molar-refractivity contribution in [1.29, 1.82) is 0 Å². The van der Waals surface area contributed by atoms with Gasteiger partial charge in [-0.05, 0) is 48.0 Å². The molecule has 2 aromatic rings. The van der Waals surface area contributed by atoms with Crippen molar-refractivity contribution >= 4 is 46.4 Å². The van der Waals surface area contributed by atoms with Crippen LogP contribution in [0.15, 0.2) is 24.3 Å². The first-order chi connectivity index (χ1) is 10.8. The second-order valence-corrected chi connectivity index (χ2v) is 7.33. The lowest BCUT2D eigenvalue weighted by Crippen LogP contribution is -2.30. The third-order valence-corrected chi connectivity index (χ3v) is 4.96. The lowest BCUT2D eigenvalue weighted by Gasteiger charge is -2.28. The van der Waals surface area contributed by atoms with E-state index in [-0.39, 0.29) is 6.04 Å². The molecular formula is C16H14Cl4N2O. The minimum absolute atomic E-state index is 0.188. The third kappa shape index (κ3) is 3.60. The van der Waals surface area contributed by atoms with Crippen molar-refractivity contribution in [2.75, 3.05) is 7.05 Å². The summed E-state index contributed by atoms with van der Waals surface area (Å²) in [6, 6.07) is 6.91. The molecule has 2 atom stereocenters. The second kappa shape index (κ2) is 6.75. The van der Waals surface area contributed by atoms with E-state index in [1.54, 1.807) is 18.2 Å². The summed E-state index contributed by atoms with van der Waals surface area (Å²) in [6.07, 6.45) is -0.0307. The van der Waals surface area contributed by atoms with Gasteiger partial charge in [0.2, 0.25) is 0 Å². The van der Waals surface area contributed by atoms with Crippen molar-refractivity contribution in [3.8, 4) is 0 Å². The van der Waals surface area contributed by atoms with Crippen molar-refractivity contribution in [1.82, 2.24) is 9.88 Å². The molecule has 0 amide bonds. The molecule has 3 nitrogen and oxygen atoms in total. The van der Waals surface area contributed by atoms with Crippen LogP contribution in [0, 0.1) is 0 Å². The van der Waals surface area contributed by atoms with E-state index in [9.17, 15) is 5.11 Å². The van der Waals surface area contributed by atoms with Crippen LogP contribution >= 0.6 is 46.4 Å². The minimum atomic E-state index is -0.543. The largest absolute Gasteiger partial charge is 0.391 e. The van der Waals surface area contributed by atoms with E-state index in [1.165, 1.54) is 0 Å². The summed E-state index contributed by atoms with van der Waals surface area (Å²) in [5.74, 6) is 0. The van der Waals surface area contributed by atoms with Gasteiger partial charge in [0, 0.05) is 23.0 Å².